The zero-order valence-corrected chi connectivity index (χ0v) is 14.4. The molecule has 0 aliphatic carbocycles. The zero-order chi connectivity index (χ0) is 15.5. The van der Waals surface area contributed by atoms with Crippen LogP contribution in [0.2, 0.25) is 0 Å². The molecule has 1 aromatic carbocycles. The molecule has 0 spiro atoms. The normalized spacial score (nSPS) is 21.5. The van der Waals surface area contributed by atoms with E-state index in [0.717, 1.165) is 26.1 Å². The highest BCUT2D eigenvalue weighted by Gasteiger charge is 2.34. The van der Waals surface area contributed by atoms with Gasteiger partial charge in [0.15, 0.2) is 0 Å². The Hall–Kier alpha value is -0.860. The average Bonchev–Trinajstić information content (AvgIpc) is 2.37. The maximum absolute atomic E-state index is 3.69. The quantitative estimate of drug-likeness (QED) is 0.908. The van der Waals surface area contributed by atoms with E-state index in [4.69, 9.17) is 0 Å². The number of nitrogens with one attached hydrogen (secondary N) is 1. The van der Waals surface area contributed by atoms with E-state index < -0.39 is 0 Å². The van der Waals surface area contributed by atoms with E-state index in [-0.39, 0.29) is 5.54 Å². The van der Waals surface area contributed by atoms with Gasteiger partial charge in [0.1, 0.15) is 0 Å². The molecule has 1 aliphatic heterocycles. The molecule has 1 saturated heterocycles. The van der Waals surface area contributed by atoms with Gasteiger partial charge in [0, 0.05) is 31.2 Å². The van der Waals surface area contributed by atoms with Crippen LogP contribution in [-0.4, -0.2) is 36.1 Å². The Morgan fingerprint density at radius 1 is 1.10 bits per heavy atom. The van der Waals surface area contributed by atoms with E-state index in [2.05, 4.69) is 75.2 Å². The number of benzene rings is 1. The number of nitrogens with zero attached hydrogens (tertiary/aromatic N) is 1. The Bertz CT molecular complexity index is 431. The highest BCUT2D eigenvalue weighted by molar-refractivity contribution is 5.16. The number of rotatable bonds is 4. The van der Waals surface area contributed by atoms with E-state index in [1.54, 1.807) is 0 Å². The van der Waals surface area contributed by atoms with Crippen LogP contribution in [0.15, 0.2) is 30.3 Å². The van der Waals surface area contributed by atoms with Gasteiger partial charge in [-0.25, -0.2) is 0 Å². The first kappa shape index (κ1) is 16.5. The maximum atomic E-state index is 3.69. The average molecular weight is 288 g/mol. The van der Waals surface area contributed by atoms with Crippen LogP contribution in [-0.2, 0) is 6.42 Å². The minimum absolute atomic E-state index is 0.273. The van der Waals surface area contributed by atoms with Crippen molar-refractivity contribution in [3.63, 3.8) is 0 Å². The molecule has 0 aromatic heterocycles. The molecule has 1 aromatic rings. The summed E-state index contributed by atoms with van der Waals surface area (Å²) in [7, 11) is 0. The first-order valence-electron chi connectivity index (χ1n) is 8.29. The van der Waals surface area contributed by atoms with Crippen molar-refractivity contribution in [2.24, 2.45) is 5.41 Å². The SMILES string of the molecule is CC(C)(C)CC(C)(C)N1CCNC(Cc2ccccc2)C1. The van der Waals surface area contributed by atoms with Crippen LogP contribution in [0.1, 0.15) is 46.6 Å². The highest BCUT2D eigenvalue weighted by Crippen LogP contribution is 2.31. The van der Waals surface area contributed by atoms with Gasteiger partial charge in [-0.3, -0.25) is 4.90 Å². The largest absolute Gasteiger partial charge is 0.311 e. The van der Waals surface area contributed by atoms with Crippen molar-refractivity contribution in [3.05, 3.63) is 35.9 Å². The molecule has 1 atom stereocenters. The summed E-state index contributed by atoms with van der Waals surface area (Å²) >= 11 is 0. The molecule has 0 amide bonds. The maximum Gasteiger partial charge on any atom is 0.0236 e. The zero-order valence-electron chi connectivity index (χ0n) is 14.4. The second-order valence-corrected chi connectivity index (χ2v) is 8.34. The van der Waals surface area contributed by atoms with Crippen LogP contribution in [0.5, 0.6) is 0 Å². The van der Waals surface area contributed by atoms with E-state index >= 15 is 0 Å². The van der Waals surface area contributed by atoms with Crippen molar-refractivity contribution < 1.29 is 0 Å². The van der Waals surface area contributed by atoms with Gasteiger partial charge in [-0.15, -0.1) is 0 Å². The summed E-state index contributed by atoms with van der Waals surface area (Å²) in [6.45, 7) is 15.3. The second-order valence-electron chi connectivity index (χ2n) is 8.34. The van der Waals surface area contributed by atoms with Crippen molar-refractivity contribution >= 4 is 0 Å². The molecule has 0 bridgehead atoms. The smallest absolute Gasteiger partial charge is 0.0236 e. The Kier molecular flexibility index (Phi) is 5.11. The number of hydrogen-bond donors (Lipinski definition) is 1. The van der Waals surface area contributed by atoms with Gasteiger partial charge in [0.05, 0.1) is 0 Å². The third kappa shape index (κ3) is 5.12. The van der Waals surface area contributed by atoms with Crippen LogP contribution in [0.25, 0.3) is 0 Å². The standard InChI is InChI=1S/C19H32N2/c1-18(2,3)15-19(4,5)21-12-11-20-17(14-21)13-16-9-7-6-8-10-16/h6-10,17,20H,11-15H2,1-5H3. The van der Waals surface area contributed by atoms with Gasteiger partial charge in [0.2, 0.25) is 0 Å². The molecule has 0 radical (unpaired) electrons. The van der Waals surface area contributed by atoms with Gasteiger partial charge in [-0.05, 0) is 37.7 Å². The van der Waals surface area contributed by atoms with Crippen molar-refractivity contribution in [2.45, 2.75) is 59.0 Å². The first-order chi connectivity index (χ1) is 9.76. The first-order valence-corrected chi connectivity index (χ1v) is 8.29. The highest BCUT2D eigenvalue weighted by atomic mass is 15.2. The summed E-state index contributed by atoms with van der Waals surface area (Å²) in [5, 5.41) is 3.69. The van der Waals surface area contributed by atoms with Crippen LogP contribution in [0, 0.1) is 5.41 Å². The predicted molar refractivity (Wildman–Crippen MR) is 91.7 cm³/mol. The monoisotopic (exact) mass is 288 g/mol. The van der Waals surface area contributed by atoms with Gasteiger partial charge in [-0.1, -0.05) is 51.1 Å². The fourth-order valence-corrected chi connectivity index (χ4v) is 3.82. The van der Waals surface area contributed by atoms with E-state index in [9.17, 15) is 0 Å². The fraction of sp³-hybridized carbons (Fsp3) is 0.684. The lowest BCUT2D eigenvalue weighted by Gasteiger charge is -2.46. The topological polar surface area (TPSA) is 15.3 Å². The molecule has 0 saturated carbocycles. The minimum Gasteiger partial charge on any atom is -0.311 e. The Morgan fingerprint density at radius 2 is 1.76 bits per heavy atom. The van der Waals surface area contributed by atoms with Gasteiger partial charge in [0.25, 0.3) is 0 Å². The molecule has 2 heteroatoms. The van der Waals surface area contributed by atoms with Crippen molar-refractivity contribution in [3.8, 4) is 0 Å². The molecule has 1 heterocycles. The summed E-state index contributed by atoms with van der Waals surface area (Å²) in [5.41, 5.74) is 2.09. The van der Waals surface area contributed by atoms with Gasteiger partial charge < -0.3 is 5.32 Å². The summed E-state index contributed by atoms with van der Waals surface area (Å²) in [6.07, 6.45) is 2.36. The molecular weight excluding hydrogens is 256 g/mol. The number of piperazine rings is 1. The number of hydrogen-bond acceptors (Lipinski definition) is 2. The molecule has 2 rings (SSSR count). The van der Waals surface area contributed by atoms with Gasteiger partial charge in [-0.2, -0.15) is 0 Å². The molecule has 1 N–H and O–H groups in total. The van der Waals surface area contributed by atoms with Crippen LogP contribution in [0.4, 0.5) is 0 Å². The molecule has 1 unspecified atom stereocenters. The predicted octanol–water partition coefficient (Wildman–Crippen LogP) is 3.72. The van der Waals surface area contributed by atoms with Crippen LogP contribution >= 0.6 is 0 Å². The summed E-state index contributed by atoms with van der Waals surface area (Å²) < 4.78 is 0. The molecule has 118 valence electrons. The summed E-state index contributed by atoms with van der Waals surface area (Å²) in [4.78, 5) is 2.68. The Balaban J connectivity index is 1.97. The molecule has 21 heavy (non-hydrogen) atoms. The van der Waals surface area contributed by atoms with Gasteiger partial charge >= 0.3 is 0 Å². The summed E-state index contributed by atoms with van der Waals surface area (Å²) in [5.74, 6) is 0. The summed E-state index contributed by atoms with van der Waals surface area (Å²) in [6, 6.07) is 11.4. The lowest BCUT2D eigenvalue weighted by Crippen LogP contribution is -2.58. The minimum atomic E-state index is 0.273. The second kappa shape index (κ2) is 6.50. The van der Waals surface area contributed by atoms with Crippen molar-refractivity contribution in [2.75, 3.05) is 19.6 Å². The molecular formula is C19H32N2. The Labute approximate surface area is 130 Å². The molecule has 2 nitrogen and oxygen atoms in total. The Morgan fingerprint density at radius 3 is 2.38 bits per heavy atom. The third-order valence-corrected chi connectivity index (χ3v) is 4.40. The molecule has 1 fully saturated rings. The van der Waals surface area contributed by atoms with Crippen LogP contribution in [0.3, 0.4) is 0 Å². The van der Waals surface area contributed by atoms with Crippen LogP contribution < -0.4 is 5.32 Å². The lowest BCUT2D eigenvalue weighted by atomic mass is 9.80. The van der Waals surface area contributed by atoms with Crippen molar-refractivity contribution in [1.82, 2.24) is 10.2 Å². The fourth-order valence-electron chi connectivity index (χ4n) is 3.82. The third-order valence-electron chi connectivity index (χ3n) is 4.40. The van der Waals surface area contributed by atoms with E-state index in [1.807, 2.05) is 0 Å². The van der Waals surface area contributed by atoms with E-state index in [1.165, 1.54) is 12.0 Å². The van der Waals surface area contributed by atoms with E-state index in [0.29, 0.717) is 11.5 Å². The van der Waals surface area contributed by atoms with Crippen molar-refractivity contribution in [1.29, 1.82) is 0 Å². The lowest BCUT2D eigenvalue weighted by molar-refractivity contribution is 0.0499. The molecule has 1 aliphatic rings.